The fourth-order valence-electron chi connectivity index (χ4n) is 3.13. The van der Waals surface area contributed by atoms with Crippen molar-refractivity contribution in [3.63, 3.8) is 0 Å². The Hall–Kier alpha value is -3.25. The lowest BCUT2D eigenvalue weighted by molar-refractivity contribution is 0.628. The molecule has 0 aliphatic rings. The highest BCUT2D eigenvalue weighted by molar-refractivity contribution is 6.30. The molecule has 3 aromatic heterocycles. The monoisotopic (exact) mass is 363 g/mol. The molecular weight excluding hydrogens is 353 g/mol. The number of benzene rings is 2. The van der Waals surface area contributed by atoms with Crippen molar-refractivity contribution in [1.29, 1.82) is 0 Å². The third-order valence-electron chi connectivity index (χ3n) is 4.33. The minimum atomic E-state index is -0.456. The van der Waals surface area contributed by atoms with Crippen molar-refractivity contribution in [2.75, 3.05) is 0 Å². The largest absolute Gasteiger partial charge is 0.300 e. The fraction of sp³-hybridized carbons (Fsp3) is 0. The number of hydrogen-bond donors (Lipinski definition) is 0. The van der Waals surface area contributed by atoms with Gasteiger partial charge in [-0.1, -0.05) is 41.9 Å². The van der Waals surface area contributed by atoms with Gasteiger partial charge in [-0.3, -0.25) is 0 Å². The van der Waals surface area contributed by atoms with E-state index in [4.69, 9.17) is 11.6 Å². The van der Waals surface area contributed by atoms with Crippen molar-refractivity contribution in [2.24, 2.45) is 0 Å². The van der Waals surface area contributed by atoms with E-state index in [1.54, 1.807) is 23.0 Å². The van der Waals surface area contributed by atoms with Crippen molar-refractivity contribution in [1.82, 2.24) is 24.1 Å². The zero-order valence-electron chi connectivity index (χ0n) is 13.3. The van der Waals surface area contributed by atoms with Gasteiger partial charge in [-0.25, -0.2) is 18.9 Å². The summed E-state index contributed by atoms with van der Waals surface area (Å²) >= 11 is 5.98. The van der Waals surface area contributed by atoms with E-state index < -0.39 is 5.82 Å². The van der Waals surface area contributed by atoms with E-state index in [9.17, 15) is 4.39 Å². The third-order valence-corrected chi connectivity index (χ3v) is 4.62. The average Bonchev–Trinajstić information content (AvgIpc) is 3.28. The van der Waals surface area contributed by atoms with Gasteiger partial charge in [0.2, 0.25) is 0 Å². The van der Waals surface area contributed by atoms with Gasteiger partial charge in [0.15, 0.2) is 11.3 Å². The lowest BCUT2D eigenvalue weighted by atomic mass is 10.1. The van der Waals surface area contributed by atoms with Crippen LogP contribution in [0.2, 0.25) is 5.02 Å². The molecule has 0 saturated heterocycles. The van der Waals surface area contributed by atoms with Crippen LogP contribution in [-0.2, 0) is 0 Å². The summed E-state index contributed by atoms with van der Waals surface area (Å²) in [6.07, 6.45) is 5.07. The average molecular weight is 364 g/mol. The minimum absolute atomic E-state index is 0.0640. The summed E-state index contributed by atoms with van der Waals surface area (Å²) in [6.45, 7) is 0. The zero-order valence-corrected chi connectivity index (χ0v) is 14.1. The Kier molecular flexibility index (Phi) is 3.26. The van der Waals surface area contributed by atoms with Gasteiger partial charge in [0.05, 0.1) is 10.4 Å². The molecule has 5 rings (SSSR count). The molecule has 0 radical (unpaired) electrons. The van der Waals surface area contributed by atoms with Crippen LogP contribution in [0.4, 0.5) is 4.39 Å². The first-order valence-corrected chi connectivity index (χ1v) is 8.30. The molecule has 0 fully saturated rings. The molecule has 0 bridgehead atoms. The first-order chi connectivity index (χ1) is 12.7. The number of aromatic nitrogens is 5. The van der Waals surface area contributed by atoms with E-state index in [-0.39, 0.29) is 5.02 Å². The van der Waals surface area contributed by atoms with Crippen LogP contribution in [0.15, 0.2) is 67.4 Å². The Morgan fingerprint density at radius 2 is 1.81 bits per heavy atom. The number of hydrogen-bond acceptors (Lipinski definition) is 3. The van der Waals surface area contributed by atoms with E-state index in [0.717, 1.165) is 22.2 Å². The Morgan fingerprint density at radius 1 is 0.962 bits per heavy atom. The van der Waals surface area contributed by atoms with Crippen molar-refractivity contribution >= 4 is 28.3 Å². The van der Waals surface area contributed by atoms with Crippen LogP contribution in [0.5, 0.6) is 0 Å². The second kappa shape index (κ2) is 5.64. The number of nitrogens with zero attached hydrogens (tertiary/aromatic N) is 5. The van der Waals surface area contributed by atoms with Crippen LogP contribution in [0, 0.1) is 5.82 Å². The predicted molar refractivity (Wildman–Crippen MR) is 98.0 cm³/mol. The van der Waals surface area contributed by atoms with Crippen LogP contribution in [0.25, 0.3) is 33.5 Å². The van der Waals surface area contributed by atoms with Gasteiger partial charge in [0.1, 0.15) is 18.5 Å². The van der Waals surface area contributed by atoms with Gasteiger partial charge in [-0.2, -0.15) is 5.10 Å². The molecule has 5 aromatic rings. The molecule has 0 amide bonds. The summed E-state index contributed by atoms with van der Waals surface area (Å²) in [4.78, 5) is 8.93. The van der Waals surface area contributed by atoms with Gasteiger partial charge in [-0.15, -0.1) is 0 Å². The Morgan fingerprint density at radius 3 is 2.62 bits per heavy atom. The van der Waals surface area contributed by atoms with Gasteiger partial charge < -0.3 is 4.57 Å². The van der Waals surface area contributed by atoms with Crippen molar-refractivity contribution < 1.29 is 4.39 Å². The van der Waals surface area contributed by atoms with Gasteiger partial charge >= 0.3 is 0 Å². The van der Waals surface area contributed by atoms with E-state index in [1.807, 2.05) is 41.1 Å². The number of fused-ring (bicyclic) bond motifs is 3. The maximum absolute atomic E-state index is 13.6. The molecule has 0 aliphatic carbocycles. The molecule has 0 N–H and O–H groups in total. The summed E-state index contributed by atoms with van der Waals surface area (Å²) in [5.41, 5.74) is 4.13. The lowest BCUT2D eigenvalue weighted by Gasteiger charge is -2.05. The molecule has 0 spiro atoms. The smallest absolute Gasteiger partial charge is 0.168 e. The zero-order chi connectivity index (χ0) is 17.7. The second-order valence-corrected chi connectivity index (χ2v) is 6.26. The maximum Gasteiger partial charge on any atom is 0.168 e. The van der Waals surface area contributed by atoms with E-state index >= 15 is 0 Å². The van der Waals surface area contributed by atoms with E-state index in [1.165, 1.54) is 12.4 Å². The van der Waals surface area contributed by atoms with E-state index in [2.05, 4.69) is 15.1 Å². The molecule has 0 aliphatic heterocycles. The van der Waals surface area contributed by atoms with Crippen molar-refractivity contribution in [3.05, 3.63) is 78.2 Å². The normalized spacial score (nSPS) is 11.5. The third kappa shape index (κ3) is 2.19. The Balaban J connectivity index is 1.89. The summed E-state index contributed by atoms with van der Waals surface area (Å²) < 4.78 is 17.1. The van der Waals surface area contributed by atoms with Gasteiger partial charge in [0.25, 0.3) is 0 Å². The molecule has 0 unspecified atom stereocenters. The standard InChI is InChI=1S/C19H11ClFN5/c20-15-8-13(6-7-16(15)21)25-9-14(12-4-2-1-3-5-12)17-18(25)23-11-26-19(17)22-10-24-26/h1-11H. The van der Waals surface area contributed by atoms with Gasteiger partial charge in [-0.05, 0) is 23.8 Å². The molecule has 126 valence electrons. The SMILES string of the molecule is Fc1ccc(-n2cc(-c3ccccc3)c3c2ncn2ncnc32)cc1Cl. The summed E-state index contributed by atoms with van der Waals surface area (Å²) in [5, 5.41) is 5.11. The number of halogens is 2. The summed E-state index contributed by atoms with van der Waals surface area (Å²) in [7, 11) is 0. The first-order valence-electron chi connectivity index (χ1n) is 7.92. The van der Waals surface area contributed by atoms with Crippen molar-refractivity contribution in [2.45, 2.75) is 0 Å². The Labute approximate surface area is 152 Å². The Bertz CT molecular complexity index is 1260. The summed E-state index contributed by atoms with van der Waals surface area (Å²) in [6, 6.07) is 14.6. The molecular formula is C19H11ClFN5. The van der Waals surface area contributed by atoms with Crippen LogP contribution in [0.1, 0.15) is 0 Å². The quantitative estimate of drug-likeness (QED) is 0.463. The van der Waals surface area contributed by atoms with Crippen molar-refractivity contribution in [3.8, 4) is 16.8 Å². The topological polar surface area (TPSA) is 48.0 Å². The van der Waals surface area contributed by atoms with Crippen LogP contribution >= 0.6 is 11.6 Å². The van der Waals surface area contributed by atoms with E-state index in [0.29, 0.717) is 11.3 Å². The predicted octanol–water partition coefficient (Wildman–Crippen LogP) is 4.53. The molecule has 26 heavy (non-hydrogen) atoms. The molecule has 0 atom stereocenters. The van der Waals surface area contributed by atoms with Crippen LogP contribution < -0.4 is 0 Å². The summed E-state index contributed by atoms with van der Waals surface area (Å²) in [5.74, 6) is -0.456. The highest BCUT2D eigenvalue weighted by atomic mass is 35.5. The highest BCUT2D eigenvalue weighted by Gasteiger charge is 2.17. The lowest BCUT2D eigenvalue weighted by Crippen LogP contribution is -1.97. The molecule has 3 heterocycles. The van der Waals surface area contributed by atoms with Gasteiger partial charge in [0, 0.05) is 17.4 Å². The number of rotatable bonds is 2. The van der Waals surface area contributed by atoms with Crippen LogP contribution in [-0.4, -0.2) is 24.1 Å². The highest BCUT2D eigenvalue weighted by Crippen LogP contribution is 2.34. The fourth-order valence-corrected chi connectivity index (χ4v) is 3.31. The first kappa shape index (κ1) is 15.0. The molecule has 5 nitrogen and oxygen atoms in total. The molecule has 0 saturated carbocycles. The molecule has 2 aromatic carbocycles. The second-order valence-electron chi connectivity index (χ2n) is 5.85. The maximum atomic E-state index is 13.6. The minimum Gasteiger partial charge on any atom is -0.300 e. The molecule has 7 heteroatoms. The van der Waals surface area contributed by atoms with Crippen LogP contribution in [0.3, 0.4) is 0 Å².